The maximum Gasteiger partial charge on any atom is 0.259 e. The molecule has 1 aromatic heterocycles. The van der Waals surface area contributed by atoms with Crippen LogP contribution in [-0.4, -0.2) is 49.4 Å². The number of ether oxygens (including phenoxy) is 1. The van der Waals surface area contributed by atoms with Gasteiger partial charge in [0, 0.05) is 42.0 Å². The molecule has 8 heteroatoms. The van der Waals surface area contributed by atoms with E-state index in [1.807, 2.05) is 12.1 Å². The molecule has 0 saturated heterocycles. The van der Waals surface area contributed by atoms with Crippen LogP contribution >= 0.6 is 11.3 Å². The fourth-order valence-electron chi connectivity index (χ4n) is 4.21. The van der Waals surface area contributed by atoms with Crippen LogP contribution in [0, 0.1) is 0 Å². The number of methoxy groups -OCH3 is 1. The third kappa shape index (κ3) is 4.33. The zero-order valence-electron chi connectivity index (χ0n) is 18.2. The molecule has 4 rings (SSSR count). The maximum absolute atomic E-state index is 13.0. The van der Waals surface area contributed by atoms with E-state index in [-0.39, 0.29) is 24.3 Å². The number of amides is 3. The molecule has 0 bridgehead atoms. The number of fused-ring (bicyclic) bond motifs is 2. The smallest absolute Gasteiger partial charge is 0.259 e. The van der Waals surface area contributed by atoms with Gasteiger partial charge >= 0.3 is 0 Å². The number of rotatable bonds is 8. The minimum atomic E-state index is -0.348. The zero-order valence-corrected chi connectivity index (χ0v) is 19.0. The first kappa shape index (κ1) is 22.2. The van der Waals surface area contributed by atoms with Crippen molar-refractivity contribution in [3.8, 4) is 0 Å². The molecular weight excluding hydrogens is 426 g/mol. The number of nitrogens with one attached hydrogen (secondary N) is 2. The summed E-state index contributed by atoms with van der Waals surface area (Å²) in [6, 6.07) is 7.20. The van der Waals surface area contributed by atoms with Gasteiger partial charge in [0.1, 0.15) is 11.5 Å². The predicted octanol–water partition coefficient (Wildman–Crippen LogP) is 3.46. The molecule has 0 fully saturated rings. The van der Waals surface area contributed by atoms with Crippen molar-refractivity contribution in [1.29, 1.82) is 0 Å². The van der Waals surface area contributed by atoms with Crippen LogP contribution in [0.3, 0.4) is 0 Å². The van der Waals surface area contributed by atoms with Crippen LogP contribution in [0.15, 0.2) is 30.8 Å². The number of benzene rings is 1. The second-order valence-electron chi connectivity index (χ2n) is 7.95. The third-order valence-electron chi connectivity index (χ3n) is 5.80. The lowest BCUT2D eigenvalue weighted by Gasteiger charge is -2.17. The van der Waals surface area contributed by atoms with Gasteiger partial charge in [-0.05, 0) is 43.7 Å². The predicted molar refractivity (Wildman–Crippen MR) is 125 cm³/mol. The highest BCUT2D eigenvalue weighted by atomic mass is 32.1. The van der Waals surface area contributed by atoms with Crippen molar-refractivity contribution in [3.63, 3.8) is 0 Å². The number of nitrogens with zero attached hydrogens (tertiary/aromatic N) is 1. The van der Waals surface area contributed by atoms with Gasteiger partial charge in [0.25, 0.3) is 11.8 Å². The van der Waals surface area contributed by atoms with Crippen molar-refractivity contribution in [1.82, 2.24) is 10.2 Å². The molecule has 0 unspecified atom stereocenters. The van der Waals surface area contributed by atoms with E-state index in [9.17, 15) is 14.4 Å². The number of carbonyl (C=O) groups excluding carboxylic acids is 3. The van der Waals surface area contributed by atoms with Crippen LogP contribution in [0.5, 0.6) is 0 Å². The summed E-state index contributed by atoms with van der Waals surface area (Å²) in [6.07, 6.45) is 4.57. The summed E-state index contributed by atoms with van der Waals surface area (Å²) in [5, 5.41) is 6.40. The standard InChI is InChI=1S/C24H27N3O4S/c1-15-16-8-3-4-9-17(16)24(30)27(15)14-20(28)26-23-21(22(29)25-12-7-13-31-2)18-10-5-6-11-19(18)32-23/h3-4,8-9H,1,5-7,10-14H2,2H3,(H,25,29)(H,26,28). The Labute approximate surface area is 191 Å². The molecule has 3 amide bonds. The van der Waals surface area contributed by atoms with Crippen LogP contribution in [0.1, 0.15) is 56.0 Å². The average Bonchev–Trinajstić information content (AvgIpc) is 3.27. The lowest BCUT2D eigenvalue weighted by Crippen LogP contribution is -2.33. The monoisotopic (exact) mass is 453 g/mol. The second-order valence-corrected chi connectivity index (χ2v) is 9.05. The number of anilines is 1. The fraction of sp³-hybridized carbons (Fsp3) is 0.375. The first-order valence-electron chi connectivity index (χ1n) is 10.8. The first-order chi connectivity index (χ1) is 15.5. The summed E-state index contributed by atoms with van der Waals surface area (Å²) in [7, 11) is 1.63. The second kappa shape index (κ2) is 9.67. The minimum Gasteiger partial charge on any atom is -0.385 e. The molecule has 0 spiro atoms. The number of thiophene rings is 1. The first-order valence-corrected chi connectivity index (χ1v) is 11.6. The van der Waals surface area contributed by atoms with E-state index in [4.69, 9.17) is 4.74 Å². The maximum atomic E-state index is 13.0. The summed E-state index contributed by atoms with van der Waals surface area (Å²) in [5.41, 5.74) is 3.41. The van der Waals surface area contributed by atoms with Gasteiger partial charge in [-0.2, -0.15) is 0 Å². The van der Waals surface area contributed by atoms with Gasteiger partial charge in [-0.3, -0.25) is 19.3 Å². The lowest BCUT2D eigenvalue weighted by molar-refractivity contribution is -0.116. The molecule has 2 aliphatic rings. The molecule has 2 N–H and O–H groups in total. The summed E-state index contributed by atoms with van der Waals surface area (Å²) >= 11 is 1.47. The molecule has 1 aliphatic carbocycles. The summed E-state index contributed by atoms with van der Waals surface area (Å²) in [6.45, 7) is 4.92. The highest BCUT2D eigenvalue weighted by molar-refractivity contribution is 7.17. The molecule has 0 atom stereocenters. The highest BCUT2D eigenvalue weighted by Gasteiger charge is 2.33. The normalized spacial score (nSPS) is 14.8. The Kier molecular flexibility index (Phi) is 6.72. The number of aryl methyl sites for hydroxylation is 1. The molecule has 0 saturated carbocycles. The van der Waals surface area contributed by atoms with Crippen LogP contribution in [-0.2, 0) is 22.4 Å². The van der Waals surface area contributed by atoms with E-state index in [0.29, 0.717) is 35.0 Å². The van der Waals surface area contributed by atoms with Crippen LogP contribution < -0.4 is 10.6 Å². The van der Waals surface area contributed by atoms with Crippen molar-refractivity contribution < 1.29 is 19.1 Å². The topological polar surface area (TPSA) is 87.7 Å². The van der Waals surface area contributed by atoms with Crippen LogP contribution in [0.2, 0.25) is 0 Å². The molecular formula is C24H27N3O4S. The van der Waals surface area contributed by atoms with Gasteiger partial charge in [0.15, 0.2) is 0 Å². The van der Waals surface area contributed by atoms with Crippen molar-refractivity contribution in [2.45, 2.75) is 32.1 Å². The molecule has 0 radical (unpaired) electrons. The van der Waals surface area contributed by atoms with E-state index < -0.39 is 0 Å². The molecule has 1 aromatic carbocycles. The van der Waals surface area contributed by atoms with E-state index in [2.05, 4.69) is 17.2 Å². The molecule has 2 heterocycles. The number of carbonyl (C=O) groups is 3. The Bertz CT molecular complexity index is 1040. The van der Waals surface area contributed by atoms with Gasteiger partial charge in [0.05, 0.1) is 5.56 Å². The van der Waals surface area contributed by atoms with E-state index in [0.717, 1.165) is 48.1 Å². The van der Waals surface area contributed by atoms with Crippen molar-refractivity contribution in [2.24, 2.45) is 0 Å². The Morgan fingerprint density at radius 1 is 1.19 bits per heavy atom. The third-order valence-corrected chi connectivity index (χ3v) is 7.01. The summed E-state index contributed by atoms with van der Waals surface area (Å²) < 4.78 is 5.04. The minimum absolute atomic E-state index is 0.149. The van der Waals surface area contributed by atoms with Crippen LogP contribution in [0.25, 0.3) is 5.70 Å². The quantitative estimate of drug-likeness (QED) is 0.599. The largest absolute Gasteiger partial charge is 0.385 e. The van der Waals surface area contributed by atoms with Gasteiger partial charge in [-0.25, -0.2) is 0 Å². The highest BCUT2D eigenvalue weighted by Crippen LogP contribution is 2.38. The van der Waals surface area contributed by atoms with E-state index >= 15 is 0 Å². The van der Waals surface area contributed by atoms with Gasteiger partial charge in [-0.15, -0.1) is 11.3 Å². The molecule has 32 heavy (non-hydrogen) atoms. The molecule has 7 nitrogen and oxygen atoms in total. The molecule has 1 aliphatic heterocycles. The van der Waals surface area contributed by atoms with Crippen molar-refractivity contribution >= 4 is 39.8 Å². The zero-order chi connectivity index (χ0) is 22.7. The Hall–Kier alpha value is -2.97. The Morgan fingerprint density at radius 2 is 1.94 bits per heavy atom. The Morgan fingerprint density at radius 3 is 2.69 bits per heavy atom. The van der Waals surface area contributed by atoms with Crippen molar-refractivity contribution in [2.75, 3.05) is 32.1 Å². The lowest BCUT2D eigenvalue weighted by atomic mass is 9.95. The SMILES string of the molecule is C=C1c2ccccc2C(=O)N1CC(=O)Nc1sc2c(c1C(=O)NCCCOC)CCCC2. The Balaban J connectivity index is 1.49. The molecule has 168 valence electrons. The van der Waals surface area contributed by atoms with Gasteiger partial charge in [-0.1, -0.05) is 24.8 Å². The van der Waals surface area contributed by atoms with Gasteiger partial charge < -0.3 is 15.4 Å². The number of hydrogen-bond acceptors (Lipinski definition) is 5. The van der Waals surface area contributed by atoms with Gasteiger partial charge in [0.2, 0.25) is 5.91 Å². The summed E-state index contributed by atoms with van der Waals surface area (Å²) in [4.78, 5) is 41.1. The van der Waals surface area contributed by atoms with Crippen LogP contribution in [0.4, 0.5) is 5.00 Å². The summed E-state index contributed by atoms with van der Waals surface area (Å²) in [5.74, 6) is -0.758. The van der Waals surface area contributed by atoms with Crippen molar-refractivity contribution in [3.05, 3.63) is 58.0 Å². The van der Waals surface area contributed by atoms with E-state index in [1.54, 1.807) is 19.2 Å². The number of hydrogen-bond donors (Lipinski definition) is 2. The fourth-order valence-corrected chi connectivity index (χ4v) is 5.52. The van der Waals surface area contributed by atoms with E-state index in [1.165, 1.54) is 16.2 Å². The molecule has 2 aromatic rings. The average molecular weight is 454 g/mol.